The van der Waals surface area contributed by atoms with Gasteiger partial charge in [0, 0.05) is 7.05 Å². The number of amides is 1. The quantitative estimate of drug-likeness (QED) is 0.671. The molecule has 1 atom stereocenters. The van der Waals surface area contributed by atoms with Gasteiger partial charge in [-0.3, -0.25) is 9.59 Å². The molecule has 1 amide bonds. The van der Waals surface area contributed by atoms with E-state index in [1.54, 1.807) is 14.2 Å². The first kappa shape index (κ1) is 18.5. The van der Waals surface area contributed by atoms with E-state index in [0.29, 0.717) is 6.42 Å². The van der Waals surface area contributed by atoms with Gasteiger partial charge in [-0.25, -0.2) is 0 Å². The minimum atomic E-state index is -0.410. The minimum absolute atomic E-state index is 0.137. The van der Waals surface area contributed by atoms with E-state index < -0.39 is 5.25 Å². The van der Waals surface area contributed by atoms with Crippen molar-refractivity contribution < 1.29 is 14.3 Å². The average Bonchev–Trinajstić information content (AvgIpc) is 2.51. The Morgan fingerprint density at radius 2 is 2.14 bits per heavy atom. The molecule has 1 rings (SSSR count). The monoisotopic (exact) mass is 324 g/mol. The molecule has 0 aliphatic heterocycles. The topological polar surface area (TPSA) is 67.4 Å². The van der Waals surface area contributed by atoms with Crippen molar-refractivity contribution in [1.29, 1.82) is 0 Å². The van der Waals surface area contributed by atoms with Crippen LogP contribution < -0.4 is 15.4 Å². The molecular formula is C16H24N2O3S. The molecule has 5 nitrogen and oxygen atoms in total. The van der Waals surface area contributed by atoms with Crippen molar-refractivity contribution in [3.63, 3.8) is 0 Å². The van der Waals surface area contributed by atoms with Crippen LogP contribution in [0.4, 0.5) is 0 Å². The van der Waals surface area contributed by atoms with Crippen LogP contribution >= 0.6 is 11.8 Å². The van der Waals surface area contributed by atoms with Crippen LogP contribution in [-0.2, 0) is 22.4 Å². The van der Waals surface area contributed by atoms with Crippen molar-refractivity contribution in [3.8, 4) is 5.75 Å². The van der Waals surface area contributed by atoms with Gasteiger partial charge in [-0.1, -0.05) is 23.9 Å². The number of nitrogens with one attached hydrogen (secondary N) is 2. The lowest BCUT2D eigenvalue weighted by atomic mass is 9.99. The summed E-state index contributed by atoms with van der Waals surface area (Å²) in [4.78, 5) is 22.6. The summed E-state index contributed by atoms with van der Waals surface area (Å²) in [6.07, 6.45) is 1.36. The molecule has 0 aliphatic rings. The largest absolute Gasteiger partial charge is 0.496 e. The van der Waals surface area contributed by atoms with Gasteiger partial charge in [0.2, 0.25) is 5.91 Å². The highest BCUT2D eigenvalue weighted by atomic mass is 32.2. The van der Waals surface area contributed by atoms with E-state index in [1.807, 2.05) is 20.0 Å². The van der Waals surface area contributed by atoms with Crippen LogP contribution in [-0.4, -0.2) is 44.5 Å². The molecule has 0 radical (unpaired) electrons. The second-order valence-electron chi connectivity index (χ2n) is 5.00. The molecule has 122 valence electrons. The number of hydrogen-bond donors (Lipinski definition) is 2. The minimum Gasteiger partial charge on any atom is -0.496 e. The number of carbonyl (C=O) groups excluding carboxylic acids is 2. The number of ether oxygens (including phenoxy) is 1. The summed E-state index contributed by atoms with van der Waals surface area (Å²) < 4.78 is 5.48. The summed E-state index contributed by atoms with van der Waals surface area (Å²) in [7, 11) is 5.16. The van der Waals surface area contributed by atoms with E-state index >= 15 is 0 Å². The molecule has 0 aliphatic carbocycles. The fourth-order valence-electron chi connectivity index (χ4n) is 2.43. The predicted molar refractivity (Wildman–Crippen MR) is 91.3 cm³/mol. The standard InChI is InChI=1S/C16H24N2O3S/c1-11-7-12(9-14(22-10-19)16(20)18-3)8-13(5-6-17-2)15(11)21-4/h7-8,10,14,17H,5-6,9H2,1-4H3,(H,18,20). The number of methoxy groups -OCH3 is 1. The Balaban J connectivity index is 3.05. The van der Waals surface area contributed by atoms with Crippen molar-refractivity contribution in [3.05, 3.63) is 28.8 Å². The van der Waals surface area contributed by atoms with Gasteiger partial charge in [0.25, 0.3) is 0 Å². The first-order chi connectivity index (χ1) is 10.6. The van der Waals surface area contributed by atoms with Gasteiger partial charge in [0.05, 0.1) is 12.4 Å². The maximum atomic E-state index is 11.8. The van der Waals surface area contributed by atoms with Gasteiger partial charge in [0.15, 0.2) is 5.62 Å². The normalized spacial score (nSPS) is 11.8. The molecule has 0 saturated carbocycles. The van der Waals surface area contributed by atoms with Gasteiger partial charge in [0.1, 0.15) is 5.75 Å². The van der Waals surface area contributed by atoms with E-state index in [4.69, 9.17) is 4.74 Å². The molecule has 0 heterocycles. The third-order valence-corrected chi connectivity index (χ3v) is 4.26. The van der Waals surface area contributed by atoms with Crippen LogP contribution in [0.25, 0.3) is 0 Å². The summed E-state index contributed by atoms with van der Waals surface area (Å²) in [5.74, 6) is 0.751. The van der Waals surface area contributed by atoms with Crippen molar-refractivity contribution in [2.24, 2.45) is 0 Å². The van der Waals surface area contributed by atoms with Crippen molar-refractivity contribution in [2.45, 2.75) is 25.0 Å². The third-order valence-electron chi connectivity index (χ3n) is 3.44. The number of benzene rings is 1. The van der Waals surface area contributed by atoms with Gasteiger partial charge in [-0.05, 0) is 50.0 Å². The molecule has 6 heteroatoms. The zero-order valence-electron chi connectivity index (χ0n) is 13.6. The Hall–Kier alpha value is -1.53. The van der Waals surface area contributed by atoms with Crippen LogP contribution in [0.2, 0.25) is 0 Å². The van der Waals surface area contributed by atoms with Crippen LogP contribution in [0.1, 0.15) is 16.7 Å². The van der Waals surface area contributed by atoms with E-state index in [2.05, 4.69) is 16.7 Å². The molecule has 1 unspecified atom stereocenters. The molecule has 1 aromatic carbocycles. The molecule has 0 aromatic heterocycles. The number of likely N-dealkylation sites (N-methyl/N-ethyl adjacent to an activating group) is 1. The Labute approximate surface area is 136 Å². The van der Waals surface area contributed by atoms with Crippen LogP contribution in [0.3, 0.4) is 0 Å². The molecule has 2 N–H and O–H groups in total. The molecular weight excluding hydrogens is 300 g/mol. The van der Waals surface area contributed by atoms with Gasteiger partial charge < -0.3 is 15.4 Å². The highest BCUT2D eigenvalue weighted by Crippen LogP contribution is 2.27. The van der Waals surface area contributed by atoms with Crippen molar-refractivity contribution in [1.82, 2.24) is 10.6 Å². The fourth-order valence-corrected chi connectivity index (χ4v) is 3.09. The molecule has 0 saturated heterocycles. The summed E-state index contributed by atoms with van der Waals surface area (Å²) in [5.41, 5.74) is 3.90. The van der Waals surface area contributed by atoms with E-state index in [9.17, 15) is 9.59 Å². The lowest BCUT2D eigenvalue weighted by Crippen LogP contribution is -2.31. The van der Waals surface area contributed by atoms with Crippen LogP contribution in [0.15, 0.2) is 12.1 Å². The Morgan fingerprint density at radius 3 is 2.68 bits per heavy atom. The van der Waals surface area contributed by atoms with E-state index in [0.717, 1.165) is 52.8 Å². The van der Waals surface area contributed by atoms with E-state index in [-0.39, 0.29) is 5.91 Å². The third kappa shape index (κ3) is 5.03. The second-order valence-corrected chi connectivity index (χ2v) is 6.03. The maximum Gasteiger partial charge on any atom is 0.233 e. The van der Waals surface area contributed by atoms with Crippen molar-refractivity contribution >= 4 is 23.3 Å². The lowest BCUT2D eigenvalue weighted by Gasteiger charge is -2.17. The number of carbonyl (C=O) groups is 2. The first-order valence-corrected chi connectivity index (χ1v) is 8.13. The summed E-state index contributed by atoms with van der Waals surface area (Å²) in [5, 5.41) is 5.32. The van der Waals surface area contributed by atoms with Crippen LogP contribution in [0, 0.1) is 6.92 Å². The maximum absolute atomic E-state index is 11.8. The van der Waals surface area contributed by atoms with Gasteiger partial charge in [-0.15, -0.1) is 0 Å². The highest BCUT2D eigenvalue weighted by Gasteiger charge is 2.19. The Bertz CT molecular complexity index is 520. The fraction of sp³-hybridized carbons (Fsp3) is 0.500. The first-order valence-electron chi connectivity index (χ1n) is 7.19. The number of hydrogen-bond acceptors (Lipinski definition) is 5. The summed E-state index contributed by atoms with van der Waals surface area (Å²) >= 11 is 1.01. The highest BCUT2D eigenvalue weighted by molar-refractivity contribution is 8.13. The number of aryl methyl sites for hydroxylation is 1. The second kappa shape index (κ2) is 9.48. The van der Waals surface area contributed by atoms with Gasteiger partial charge in [-0.2, -0.15) is 0 Å². The average molecular weight is 324 g/mol. The zero-order chi connectivity index (χ0) is 16.5. The molecule has 1 aromatic rings. The smallest absolute Gasteiger partial charge is 0.233 e. The van der Waals surface area contributed by atoms with Gasteiger partial charge >= 0.3 is 0 Å². The van der Waals surface area contributed by atoms with Crippen molar-refractivity contribution in [2.75, 3.05) is 27.7 Å². The van der Waals surface area contributed by atoms with E-state index in [1.165, 1.54) is 0 Å². The Morgan fingerprint density at radius 1 is 1.41 bits per heavy atom. The molecule has 0 fully saturated rings. The SMILES string of the molecule is CNCCc1cc(CC(SC=O)C(=O)NC)cc(C)c1OC. The molecule has 0 bridgehead atoms. The zero-order valence-corrected chi connectivity index (χ0v) is 14.4. The predicted octanol–water partition coefficient (Wildman–Crippen LogP) is 1.35. The number of rotatable bonds is 9. The lowest BCUT2D eigenvalue weighted by molar-refractivity contribution is -0.120. The summed E-state index contributed by atoms with van der Waals surface area (Å²) in [6.45, 7) is 2.84. The molecule has 0 spiro atoms. The van der Waals surface area contributed by atoms with Crippen LogP contribution in [0.5, 0.6) is 5.75 Å². The Kier molecular flexibility index (Phi) is 7.98. The summed E-state index contributed by atoms with van der Waals surface area (Å²) in [6, 6.07) is 4.08. The number of thioether (sulfide) groups is 1. The molecule has 22 heavy (non-hydrogen) atoms.